The van der Waals surface area contributed by atoms with Gasteiger partial charge in [-0.25, -0.2) is 12.8 Å². The van der Waals surface area contributed by atoms with Gasteiger partial charge in [-0.3, -0.25) is 4.79 Å². The number of nitrogens with zero attached hydrogens (tertiary/aromatic N) is 2. The number of rotatable bonds is 4. The van der Waals surface area contributed by atoms with Crippen molar-refractivity contribution in [2.24, 2.45) is 4.99 Å². The molecule has 0 spiro atoms. The van der Waals surface area contributed by atoms with Gasteiger partial charge in [0.2, 0.25) is 5.91 Å². The Bertz CT molecular complexity index is 1020. The van der Waals surface area contributed by atoms with E-state index < -0.39 is 21.7 Å². The number of hydrogen-bond acceptors (Lipinski definition) is 4. The number of para-hydroxylation sites is 1. The number of amidine groups is 1. The lowest BCUT2D eigenvalue weighted by Gasteiger charge is -2.24. The van der Waals surface area contributed by atoms with E-state index in [2.05, 4.69) is 4.99 Å². The Labute approximate surface area is 167 Å². The number of amides is 1. The molecule has 1 amide bonds. The van der Waals surface area contributed by atoms with Crippen LogP contribution in [0.5, 0.6) is 0 Å². The van der Waals surface area contributed by atoms with Crippen LogP contribution in [0.3, 0.4) is 0 Å². The highest BCUT2D eigenvalue weighted by atomic mass is 32.2. The van der Waals surface area contributed by atoms with Crippen molar-refractivity contribution in [2.75, 3.05) is 16.4 Å². The molecular weight excluding hydrogens is 399 g/mol. The Balaban J connectivity index is 1.59. The van der Waals surface area contributed by atoms with E-state index in [9.17, 15) is 17.6 Å². The molecule has 0 bridgehead atoms. The van der Waals surface area contributed by atoms with Crippen LogP contribution in [-0.4, -0.2) is 42.3 Å². The van der Waals surface area contributed by atoms with E-state index in [1.54, 1.807) is 23.1 Å². The first-order valence-electron chi connectivity index (χ1n) is 8.99. The molecule has 8 heteroatoms. The van der Waals surface area contributed by atoms with Crippen molar-refractivity contribution in [1.29, 1.82) is 0 Å². The smallest absolute Gasteiger partial charge is 0.248 e. The van der Waals surface area contributed by atoms with Crippen LogP contribution < -0.4 is 4.90 Å². The Kier molecular flexibility index (Phi) is 5.25. The van der Waals surface area contributed by atoms with E-state index in [-0.39, 0.29) is 34.8 Å². The fraction of sp³-hybridized carbons (Fsp3) is 0.300. The van der Waals surface area contributed by atoms with Crippen molar-refractivity contribution in [3.63, 3.8) is 0 Å². The van der Waals surface area contributed by atoms with E-state index in [4.69, 9.17) is 0 Å². The molecule has 0 saturated carbocycles. The lowest BCUT2D eigenvalue weighted by molar-refractivity contribution is -0.117. The highest BCUT2D eigenvalue weighted by Gasteiger charge is 2.49. The number of aliphatic imine (C=N–C) groups is 1. The normalized spacial score (nSPS) is 24.5. The van der Waals surface area contributed by atoms with Crippen LogP contribution in [0.1, 0.15) is 12.0 Å². The molecule has 0 unspecified atom stereocenters. The zero-order valence-electron chi connectivity index (χ0n) is 15.0. The Hall–Kier alpha value is -2.19. The second-order valence-electron chi connectivity index (χ2n) is 6.90. The number of thioether (sulfide) groups is 1. The third kappa shape index (κ3) is 3.98. The number of hydrogen-bond donors (Lipinski definition) is 0. The van der Waals surface area contributed by atoms with Crippen molar-refractivity contribution in [1.82, 2.24) is 0 Å². The molecule has 2 saturated heterocycles. The first-order valence-corrected chi connectivity index (χ1v) is 11.7. The van der Waals surface area contributed by atoms with Crippen LogP contribution in [0.2, 0.25) is 0 Å². The van der Waals surface area contributed by atoms with Gasteiger partial charge in [-0.15, -0.1) is 0 Å². The van der Waals surface area contributed by atoms with Crippen LogP contribution in [-0.2, 0) is 21.1 Å². The van der Waals surface area contributed by atoms with Gasteiger partial charge in [0.1, 0.15) is 5.82 Å². The summed E-state index contributed by atoms with van der Waals surface area (Å²) < 4.78 is 38.5. The Morgan fingerprint density at radius 3 is 2.57 bits per heavy atom. The predicted molar refractivity (Wildman–Crippen MR) is 110 cm³/mol. The minimum Gasteiger partial charge on any atom is -0.313 e. The van der Waals surface area contributed by atoms with Crippen molar-refractivity contribution in [3.05, 3.63) is 66.0 Å². The standard InChI is InChI=1S/C20H19FN2O3S2/c21-15-8-4-5-9-16(15)23-17-12-28(25,26)13-18(17)27-20(23)22-19(24)11-10-14-6-2-1-3-7-14/h1-9,17-18H,10-13H2/t17-,18+/m0/s1. The van der Waals surface area contributed by atoms with Crippen LogP contribution in [0.15, 0.2) is 59.6 Å². The summed E-state index contributed by atoms with van der Waals surface area (Å²) in [5, 5.41) is 0.137. The molecule has 2 atom stereocenters. The third-order valence-electron chi connectivity index (χ3n) is 4.87. The Morgan fingerprint density at radius 2 is 1.82 bits per heavy atom. The zero-order valence-corrected chi connectivity index (χ0v) is 16.6. The van der Waals surface area contributed by atoms with Gasteiger partial charge in [-0.2, -0.15) is 4.99 Å². The molecule has 2 fully saturated rings. The van der Waals surface area contributed by atoms with Gasteiger partial charge in [0.25, 0.3) is 0 Å². The molecule has 0 radical (unpaired) electrons. The molecule has 146 valence electrons. The number of aryl methyl sites for hydroxylation is 1. The number of carbonyl (C=O) groups excluding carboxylic acids is 1. The summed E-state index contributed by atoms with van der Waals surface area (Å²) in [6, 6.07) is 15.4. The highest BCUT2D eigenvalue weighted by Crippen LogP contribution is 2.41. The minimum atomic E-state index is -3.18. The molecule has 4 rings (SSSR count). The molecule has 2 aliphatic heterocycles. The fourth-order valence-corrected chi connectivity index (χ4v) is 7.48. The molecule has 0 N–H and O–H groups in total. The average Bonchev–Trinajstić information content (AvgIpc) is 3.12. The van der Waals surface area contributed by atoms with Gasteiger partial charge in [0, 0.05) is 11.7 Å². The van der Waals surface area contributed by atoms with Gasteiger partial charge < -0.3 is 4.90 Å². The van der Waals surface area contributed by atoms with Gasteiger partial charge in [0.15, 0.2) is 15.0 Å². The second kappa shape index (κ2) is 7.67. The molecule has 28 heavy (non-hydrogen) atoms. The van der Waals surface area contributed by atoms with Crippen molar-refractivity contribution in [3.8, 4) is 0 Å². The number of halogens is 1. The maximum atomic E-state index is 14.4. The Morgan fingerprint density at radius 1 is 1.11 bits per heavy atom. The summed E-state index contributed by atoms with van der Waals surface area (Å²) in [6.07, 6.45) is 0.814. The van der Waals surface area contributed by atoms with Crippen molar-refractivity contribution >= 4 is 38.4 Å². The lowest BCUT2D eigenvalue weighted by atomic mass is 10.1. The second-order valence-corrected chi connectivity index (χ2v) is 10.3. The molecule has 2 aromatic rings. The summed E-state index contributed by atoms with van der Waals surface area (Å²) in [5.74, 6) is -0.797. The summed E-state index contributed by atoms with van der Waals surface area (Å²) in [5.41, 5.74) is 1.30. The number of sulfone groups is 1. The van der Waals surface area contributed by atoms with Gasteiger partial charge >= 0.3 is 0 Å². The number of fused-ring (bicyclic) bond motifs is 1. The minimum absolute atomic E-state index is 0.0184. The van der Waals surface area contributed by atoms with Crippen LogP contribution in [0.4, 0.5) is 10.1 Å². The van der Waals surface area contributed by atoms with Gasteiger partial charge in [-0.05, 0) is 24.1 Å². The van der Waals surface area contributed by atoms with Crippen LogP contribution in [0.25, 0.3) is 0 Å². The summed E-state index contributed by atoms with van der Waals surface area (Å²) in [4.78, 5) is 18.3. The monoisotopic (exact) mass is 418 g/mol. The number of anilines is 1. The molecule has 2 aliphatic rings. The van der Waals surface area contributed by atoms with E-state index in [1.807, 2.05) is 30.3 Å². The topological polar surface area (TPSA) is 66.8 Å². The van der Waals surface area contributed by atoms with Gasteiger partial charge in [0.05, 0.1) is 23.2 Å². The lowest BCUT2D eigenvalue weighted by Crippen LogP contribution is -2.38. The molecule has 0 aliphatic carbocycles. The van der Waals surface area contributed by atoms with Crippen molar-refractivity contribution < 1.29 is 17.6 Å². The largest absolute Gasteiger partial charge is 0.313 e. The maximum absolute atomic E-state index is 14.4. The summed E-state index contributed by atoms with van der Waals surface area (Å²) in [6.45, 7) is 0. The van der Waals surface area contributed by atoms with E-state index in [0.717, 1.165) is 5.56 Å². The third-order valence-corrected chi connectivity index (χ3v) is 8.08. The van der Waals surface area contributed by atoms with Crippen LogP contribution in [0, 0.1) is 5.82 Å². The zero-order chi connectivity index (χ0) is 19.7. The number of carbonyl (C=O) groups is 1. The number of benzene rings is 2. The first kappa shape index (κ1) is 19.1. The molecule has 2 heterocycles. The highest BCUT2D eigenvalue weighted by molar-refractivity contribution is 8.16. The maximum Gasteiger partial charge on any atom is 0.248 e. The first-order chi connectivity index (χ1) is 13.4. The summed E-state index contributed by atoms with van der Waals surface area (Å²) >= 11 is 1.25. The van der Waals surface area contributed by atoms with E-state index in [1.165, 1.54) is 17.8 Å². The van der Waals surface area contributed by atoms with Crippen LogP contribution >= 0.6 is 11.8 Å². The predicted octanol–water partition coefficient (Wildman–Crippen LogP) is 3.06. The molecule has 0 aromatic heterocycles. The molecule has 2 aromatic carbocycles. The SMILES string of the molecule is O=C(CCc1ccccc1)N=C1S[C@@H]2CS(=O)(=O)C[C@@H]2N1c1ccccc1F. The van der Waals surface area contributed by atoms with Crippen molar-refractivity contribution in [2.45, 2.75) is 24.1 Å². The quantitative estimate of drug-likeness (QED) is 0.764. The van der Waals surface area contributed by atoms with E-state index in [0.29, 0.717) is 11.6 Å². The summed E-state index contributed by atoms with van der Waals surface area (Å²) in [7, 11) is -3.18. The fourth-order valence-electron chi connectivity index (χ4n) is 3.55. The molecular formula is C20H19FN2O3S2. The molecule has 5 nitrogen and oxygen atoms in total. The van der Waals surface area contributed by atoms with Gasteiger partial charge in [-0.1, -0.05) is 54.2 Å². The average molecular weight is 419 g/mol. The van der Waals surface area contributed by atoms with E-state index >= 15 is 0 Å².